The van der Waals surface area contributed by atoms with Gasteiger partial charge in [0.05, 0.1) is 7.11 Å². The fourth-order valence-electron chi connectivity index (χ4n) is 2.19. The number of rotatable bonds is 8. The van der Waals surface area contributed by atoms with Crippen molar-refractivity contribution in [3.8, 4) is 0 Å². The van der Waals surface area contributed by atoms with Crippen LogP contribution in [0.25, 0.3) is 0 Å². The fraction of sp³-hybridized carbons (Fsp3) is 0.529. The Labute approximate surface area is 126 Å². The van der Waals surface area contributed by atoms with E-state index in [1.54, 1.807) is 0 Å². The van der Waals surface area contributed by atoms with Gasteiger partial charge in [0.2, 0.25) is 5.91 Å². The molecule has 0 spiro atoms. The Hall–Kier alpha value is -1.84. The van der Waals surface area contributed by atoms with Crippen molar-refractivity contribution < 1.29 is 14.3 Å². The third-order valence-electron chi connectivity index (χ3n) is 3.24. The van der Waals surface area contributed by atoms with Gasteiger partial charge in [0, 0.05) is 6.42 Å². The molecular formula is C17H25NO3. The van der Waals surface area contributed by atoms with Crippen molar-refractivity contribution in [3.63, 3.8) is 0 Å². The van der Waals surface area contributed by atoms with Crippen LogP contribution in [0.15, 0.2) is 30.3 Å². The minimum absolute atomic E-state index is 0.0954. The van der Waals surface area contributed by atoms with Gasteiger partial charge in [-0.25, -0.2) is 4.79 Å². The number of aryl methyl sites for hydroxylation is 1. The quantitative estimate of drug-likeness (QED) is 0.749. The van der Waals surface area contributed by atoms with E-state index in [-0.39, 0.29) is 11.9 Å². The van der Waals surface area contributed by atoms with Gasteiger partial charge in [-0.3, -0.25) is 4.79 Å². The van der Waals surface area contributed by atoms with Gasteiger partial charge in [-0.15, -0.1) is 0 Å². The van der Waals surface area contributed by atoms with Crippen molar-refractivity contribution in [1.29, 1.82) is 0 Å². The highest BCUT2D eigenvalue weighted by Crippen LogP contribution is 2.08. The molecule has 0 aliphatic heterocycles. The number of ether oxygens (including phenoxy) is 1. The second-order valence-corrected chi connectivity index (χ2v) is 5.61. The van der Waals surface area contributed by atoms with E-state index in [2.05, 4.69) is 5.32 Å². The number of benzene rings is 1. The highest BCUT2D eigenvalue weighted by Gasteiger charge is 2.22. The second-order valence-electron chi connectivity index (χ2n) is 5.61. The van der Waals surface area contributed by atoms with Gasteiger partial charge in [-0.1, -0.05) is 44.2 Å². The van der Waals surface area contributed by atoms with Gasteiger partial charge >= 0.3 is 5.97 Å². The van der Waals surface area contributed by atoms with E-state index in [0.29, 0.717) is 18.8 Å². The fourth-order valence-corrected chi connectivity index (χ4v) is 2.19. The van der Waals surface area contributed by atoms with Gasteiger partial charge in [0.15, 0.2) is 0 Å². The highest BCUT2D eigenvalue weighted by molar-refractivity contribution is 5.84. The number of carbonyl (C=O) groups is 2. The number of methoxy groups -OCH3 is 1. The lowest BCUT2D eigenvalue weighted by Gasteiger charge is -2.18. The Balaban J connectivity index is 2.37. The maximum absolute atomic E-state index is 11.9. The topological polar surface area (TPSA) is 55.4 Å². The molecule has 0 bridgehead atoms. The van der Waals surface area contributed by atoms with Crippen LogP contribution in [0.4, 0.5) is 0 Å². The van der Waals surface area contributed by atoms with E-state index in [1.165, 1.54) is 12.7 Å². The molecule has 21 heavy (non-hydrogen) atoms. The SMILES string of the molecule is COC(=O)C(CC(C)C)NC(=O)CCCc1ccccc1. The first kappa shape index (κ1) is 17.2. The molecule has 1 amide bonds. The molecule has 1 N–H and O–H groups in total. The maximum atomic E-state index is 11.9. The Bertz CT molecular complexity index is 443. The zero-order valence-electron chi connectivity index (χ0n) is 13.1. The summed E-state index contributed by atoms with van der Waals surface area (Å²) < 4.78 is 4.73. The molecule has 0 aromatic heterocycles. The second kappa shape index (κ2) is 9.16. The molecule has 116 valence electrons. The zero-order chi connectivity index (χ0) is 15.7. The standard InChI is InChI=1S/C17H25NO3/c1-13(2)12-15(17(20)21-3)18-16(19)11-7-10-14-8-5-4-6-9-14/h4-6,8-9,13,15H,7,10-12H2,1-3H3,(H,18,19). The molecule has 0 fully saturated rings. The monoisotopic (exact) mass is 291 g/mol. The van der Waals surface area contributed by atoms with Crippen LogP contribution in [-0.2, 0) is 20.7 Å². The van der Waals surface area contributed by atoms with Crippen LogP contribution in [0.3, 0.4) is 0 Å². The van der Waals surface area contributed by atoms with E-state index >= 15 is 0 Å². The van der Waals surface area contributed by atoms with Crippen molar-refractivity contribution in [1.82, 2.24) is 5.32 Å². The lowest BCUT2D eigenvalue weighted by atomic mass is 10.0. The van der Waals surface area contributed by atoms with Crippen molar-refractivity contribution in [3.05, 3.63) is 35.9 Å². The number of esters is 1. The normalized spacial score (nSPS) is 12.0. The molecule has 1 rings (SSSR count). The van der Waals surface area contributed by atoms with Crippen LogP contribution in [0.1, 0.15) is 38.7 Å². The minimum atomic E-state index is -0.542. The molecule has 1 atom stereocenters. The van der Waals surface area contributed by atoms with Gasteiger partial charge < -0.3 is 10.1 Å². The van der Waals surface area contributed by atoms with Crippen LogP contribution in [0.5, 0.6) is 0 Å². The lowest BCUT2D eigenvalue weighted by Crippen LogP contribution is -2.42. The maximum Gasteiger partial charge on any atom is 0.328 e. The van der Waals surface area contributed by atoms with Crippen molar-refractivity contribution >= 4 is 11.9 Å². The summed E-state index contributed by atoms with van der Waals surface area (Å²) in [5.74, 6) is -0.152. The molecule has 4 heteroatoms. The Morgan fingerprint density at radius 3 is 2.43 bits per heavy atom. The van der Waals surface area contributed by atoms with Gasteiger partial charge in [-0.2, -0.15) is 0 Å². The third-order valence-corrected chi connectivity index (χ3v) is 3.24. The smallest absolute Gasteiger partial charge is 0.328 e. The van der Waals surface area contributed by atoms with E-state index in [0.717, 1.165) is 12.8 Å². The van der Waals surface area contributed by atoms with Crippen molar-refractivity contribution in [2.75, 3.05) is 7.11 Å². The summed E-state index contributed by atoms with van der Waals surface area (Å²) in [5.41, 5.74) is 1.22. The largest absolute Gasteiger partial charge is 0.467 e. The van der Waals surface area contributed by atoms with E-state index in [4.69, 9.17) is 4.74 Å². The first-order valence-corrected chi connectivity index (χ1v) is 7.44. The van der Waals surface area contributed by atoms with E-state index < -0.39 is 6.04 Å². The summed E-state index contributed by atoms with van der Waals surface area (Å²) >= 11 is 0. The average Bonchev–Trinajstić information content (AvgIpc) is 2.46. The van der Waals surface area contributed by atoms with Crippen LogP contribution in [0, 0.1) is 5.92 Å². The predicted octanol–water partition coefficient (Wildman–Crippen LogP) is 2.71. The molecule has 1 unspecified atom stereocenters. The molecule has 0 saturated heterocycles. The van der Waals surface area contributed by atoms with Crippen LogP contribution in [-0.4, -0.2) is 25.0 Å². The van der Waals surface area contributed by atoms with Crippen LogP contribution >= 0.6 is 0 Å². The highest BCUT2D eigenvalue weighted by atomic mass is 16.5. The first-order valence-electron chi connectivity index (χ1n) is 7.44. The number of nitrogens with one attached hydrogen (secondary N) is 1. The first-order chi connectivity index (χ1) is 10.0. The van der Waals surface area contributed by atoms with Crippen molar-refractivity contribution in [2.45, 2.75) is 45.6 Å². The molecule has 0 aliphatic rings. The lowest BCUT2D eigenvalue weighted by molar-refractivity contribution is -0.145. The van der Waals surface area contributed by atoms with Gasteiger partial charge in [-0.05, 0) is 30.7 Å². The molecule has 0 aliphatic carbocycles. The molecule has 0 radical (unpaired) electrons. The number of carbonyl (C=O) groups excluding carboxylic acids is 2. The summed E-state index contributed by atoms with van der Waals surface area (Å²) in [7, 11) is 1.34. The summed E-state index contributed by atoms with van der Waals surface area (Å²) in [5, 5.41) is 2.77. The summed E-state index contributed by atoms with van der Waals surface area (Å²) in [4.78, 5) is 23.6. The summed E-state index contributed by atoms with van der Waals surface area (Å²) in [6.45, 7) is 4.02. The number of hydrogen-bond acceptors (Lipinski definition) is 3. The number of amides is 1. The van der Waals surface area contributed by atoms with Gasteiger partial charge in [0.1, 0.15) is 6.04 Å². The Morgan fingerprint density at radius 1 is 1.19 bits per heavy atom. The minimum Gasteiger partial charge on any atom is -0.467 e. The van der Waals surface area contributed by atoms with Gasteiger partial charge in [0.25, 0.3) is 0 Å². The van der Waals surface area contributed by atoms with Crippen molar-refractivity contribution in [2.24, 2.45) is 5.92 Å². The zero-order valence-corrected chi connectivity index (χ0v) is 13.1. The van der Waals surface area contributed by atoms with E-state index in [9.17, 15) is 9.59 Å². The molecule has 0 saturated carbocycles. The van der Waals surface area contributed by atoms with Crippen LogP contribution < -0.4 is 5.32 Å². The van der Waals surface area contributed by atoms with E-state index in [1.807, 2.05) is 44.2 Å². The molecule has 4 nitrogen and oxygen atoms in total. The molecule has 0 heterocycles. The van der Waals surface area contributed by atoms with Crippen LogP contribution in [0.2, 0.25) is 0 Å². The summed E-state index contributed by atoms with van der Waals surface area (Å²) in [6, 6.07) is 9.51. The molecular weight excluding hydrogens is 266 g/mol. The summed E-state index contributed by atoms with van der Waals surface area (Å²) in [6.07, 6.45) is 2.64. The number of hydrogen-bond donors (Lipinski definition) is 1. The third kappa shape index (κ3) is 6.93. The average molecular weight is 291 g/mol. The molecule has 1 aromatic carbocycles. The predicted molar refractivity (Wildman–Crippen MR) is 82.8 cm³/mol. The molecule has 1 aromatic rings. The Morgan fingerprint density at radius 2 is 1.86 bits per heavy atom. The Kier molecular flexibility index (Phi) is 7.51.